The Hall–Kier alpha value is -0.950. The number of morpholine rings is 1. The Morgan fingerprint density at radius 2 is 1.85 bits per heavy atom. The van der Waals surface area contributed by atoms with Crippen molar-refractivity contribution in [2.45, 2.75) is 11.4 Å². The predicted molar refractivity (Wildman–Crippen MR) is 78.5 cm³/mol. The van der Waals surface area contributed by atoms with Crippen LogP contribution in [0.5, 0.6) is 0 Å². The van der Waals surface area contributed by atoms with Gasteiger partial charge in [0.1, 0.15) is 0 Å². The molecule has 1 heterocycles. The van der Waals surface area contributed by atoms with E-state index in [-0.39, 0.29) is 0 Å². The largest absolute Gasteiger partial charge is 0.379 e. The summed E-state index contributed by atoms with van der Waals surface area (Å²) in [6.07, 6.45) is 1.22. The third kappa shape index (κ3) is 4.86. The highest BCUT2D eigenvalue weighted by Gasteiger charge is 2.09. The van der Waals surface area contributed by atoms with E-state index < -0.39 is 9.84 Å². The smallest absolute Gasteiger partial charge is 0.175 e. The van der Waals surface area contributed by atoms with E-state index in [1.807, 2.05) is 12.1 Å². The summed E-state index contributed by atoms with van der Waals surface area (Å²) in [6, 6.07) is 7.04. The standard InChI is InChI=1S/C14H22N2O3S/c1-20(17,18)14-4-2-13(3-5-14)12-15-6-7-16-8-10-19-11-9-16/h2-5,15H,6-12H2,1H3. The molecule has 1 aromatic rings. The number of rotatable bonds is 6. The molecule has 0 amide bonds. The molecule has 2 rings (SSSR count). The Kier molecular flexibility index (Phi) is 5.54. The van der Waals surface area contributed by atoms with Crippen LogP contribution in [-0.4, -0.2) is 59.0 Å². The minimum Gasteiger partial charge on any atom is -0.379 e. The van der Waals surface area contributed by atoms with Crippen molar-refractivity contribution < 1.29 is 13.2 Å². The second-order valence-electron chi connectivity index (χ2n) is 5.05. The third-order valence-corrected chi connectivity index (χ3v) is 4.52. The van der Waals surface area contributed by atoms with Crippen LogP contribution >= 0.6 is 0 Å². The number of ether oxygens (including phenoxy) is 1. The van der Waals surface area contributed by atoms with Crippen molar-refractivity contribution in [3.05, 3.63) is 29.8 Å². The van der Waals surface area contributed by atoms with Crippen LogP contribution in [0.15, 0.2) is 29.2 Å². The summed E-state index contributed by atoms with van der Waals surface area (Å²) in [5.74, 6) is 0. The van der Waals surface area contributed by atoms with Gasteiger partial charge in [-0.3, -0.25) is 4.90 Å². The molecule has 1 fully saturated rings. The molecule has 1 aromatic carbocycles. The van der Waals surface area contributed by atoms with Gasteiger partial charge in [-0.1, -0.05) is 12.1 Å². The Labute approximate surface area is 120 Å². The monoisotopic (exact) mass is 298 g/mol. The van der Waals surface area contributed by atoms with Crippen molar-refractivity contribution in [3.63, 3.8) is 0 Å². The van der Waals surface area contributed by atoms with Crippen molar-refractivity contribution in [2.75, 3.05) is 45.6 Å². The molecule has 1 N–H and O–H groups in total. The van der Waals surface area contributed by atoms with Crippen molar-refractivity contribution in [1.82, 2.24) is 10.2 Å². The molecular weight excluding hydrogens is 276 g/mol. The zero-order valence-corrected chi connectivity index (χ0v) is 12.7. The Morgan fingerprint density at radius 3 is 2.45 bits per heavy atom. The summed E-state index contributed by atoms with van der Waals surface area (Å²) in [5.41, 5.74) is 1.10. The van der Waals surface area contributed by atoms with E-state index in [0.29, 0.717) is 4.90 Å². The lowest BCUT2D eigenvalue weighted by atomic mass is 10.2. The average Bonchev–Trinajstić information content (AvgIpc) is 2.44. The van der Waals surface area contributed by atoms with Gasteiger partial charge in [-0.05, 0) is 17.7 Å². The molecule has 0 bridgehead atoms. The molecule has 0 spiro atoms. The fourth-order valence-electron chi connectivity index (χ4n) is 2.15. The first-order valence-electron chi connectivity index (χ1n) is 6.85. The lowest BCUT2D eigenvalue weighted by Crippen LogP contribution is -2.40. The summed E-state index contributed by atoms with van der Waals surface area (Å²) in [4.78, 5) is 2.75. The topological polar surface area (TPSA) is 58.6 Å². The van der Waals surface area contributed by atoms with Gasteiger partial charge >= 0.3 is 0 Å². The Balaban J connectivity index is 1.71. The molecule has 1 aliphatic rings. The second-order valence-corrected chi connectivity index (χ2v) is 7.06. The van der Waals surface area contributed by atoms with Crippen LogP contribution in [0.1, 0.15) is 5.56 Å². The SMILES string of the molecule is CS(=O)(=O)c1ccc(CNCCN2CCOCC2)cc1. The summed E-state index contributed by atoms with van der Waals surface area (Å²) < 4.78 is 28.0. The van der Waals surface area contributed by atoms with Gasteiger partial charge in [0, 0.05) is 39.0 Å². The second kappa shape index (κ2) is 7.17. The fourth-order valence-corrected chi connectivity index (χ4v) is 2.78. The Bertz CT molecular complexity index is 508. The van der Waals surface area contributed by atoms with Crippen LogP contribution in [0.25, 0.3) is 0 Å². The predicted octanol–water partition coefficient (Wildman–Crippen LogP) is 0.512. The van der Waals surface area contributed by atoms with Gasteiger partial charge in [-0.2, -0.15) is 0 Å². The maximum absolute atomic E-state index is 11.3. The van der Waals surface area contributed by atoms with E-state index in [1.165, 1.54) is 6.26 Å². The van der Waals surface area contributed by atoms with E-state index >= 15 is 0 Å². The lowest BCUT2D eigenvalue weighted by Gasteiger charge is -2.26. The van der Waals surface area contributed by atoms with Gasteiger partial charge in [-0.25, -0.2) is 8.42 Å². The van der Waals surface area contributed by atoms with Crippen LogP contribution in [0, 0.1) is 0 Å². The number of nitrogens with zero attached hydrogens (tertiary/aromatic N) is 1. The zero-order chi connectivity index (χ0) is 14.4. The van der Waals surface area contributed by atoms with Gasteiger partial charge in [0.2, 0.25) is 0 Å². The molecular formula is C14H22N2O3S. The highest BCUT2D eigenvalue weighted by Crippen LogP contribution is 2.10. The highest BCUT2D eigenvalue weighted by atomic mass is 32.2. The van der Waals surface area contributed by atoms with Crippen LogP contribution in [0.2, 0.25) is 0 Å². The van der Waals surface area contributed by atoms with Crippen molar-refractivity contribution in [3.8, 4) is 0 Å². The molecule has 0 atom stereocenters. The number of benzene rings is 1. The number of hydrogen-bond acceptors (Lipinski definition) is 5. The minimum atomic E-state index is -3.10. The molecule has 0 radical (unpaired) electrons. The summed E-state index contributed by atoms with van der Waals surface area (Å²) in [7, 11) is -3.10. The van der Waals surface area contributed by atoms with Gasteiger partial charge in [0.25, 0.3) is 0 Å². The van der Waals surface area contributed by atoms with E-state index in [4.69, 9.17) is 4.74 Å². The van der Waals surface area contributed by atoms with Crippen molar-refractivity contribution in [1.29, 1.82) is 0 Å². The van der Waals surface area contributed by atoms with E-state index in [9.17, 15) is 8.42 Å². The van der Waals surface area contributed by atoms with E-state index in [2.05, 4.69) is 10.2 Å². The minimum absolute atomic E-state index is 0.370. The van der Waals surface area contributed by atoms with E-state index in [1.54, 1.807) is 12.1 Å². The van der Waals surface area contributed by atoms with Gasteiger partial charge in [0.15, 0.2) is 9.84 Å². The van der Waals surface area contributed by atoms with Crippen molar-refractivity contribution in [2.24, 2.45) is 0 Å². The quantitative estimate of drug-likeness (QED) is 0.776. The number of nitrogens with one attached hydrogen (secondary N) is 1. The normalized spacial score (nSPS) is 17.2. The molecule has 1 saturated heterocycles. The summed E-state index contributed by atoms with van der Waals surface area (Å²) in [6.45, 7) is 6.36. The molecule has 0 saturated carbocycles. The van der Waals surface area contributed by atoms with Crippen LogP contribution in [0.3, 0.4) is 0 Å². The van der Waals surface area contributed by atoms with Gasteiger partial charge in [-0.15, -0.1) is 0 Å². The summed E-state index contributed by atoms with van der Waals surface area (Å²) in [5, 5.41) is 3.38. The van der Waals surface area contributed by atoms with Crippen LogP contribution in [0.4, 0.5) is 0 Å². The molecule has 1 aliphatic heterocycles. The fraction of sp³-hybridized carbons (Fsp3) is 0.571. The molecule has 0 aromatic heterocycles. The number of hydrogen-bond donors (Lipinski definition) is 1. The molecule has 5 nitrogen and oxygen atoms in total. The average molecular weight is 298 g/mol. The van der Waals surface area contributed by atoms with E-state index in [0.717, 1.165) is 51.5 Å². The molecule has 6 heteroatoms. The maximum atomic E-state index is 11.3. The molecule has 112 valence electrons. The number of sulfone groups is 1. The zero-order valence-electron chi connectivity index (χ0n) is 11.8. The molecule has 20 heavy (non-hydrogen) atoms. The Morgan fingerprint density at radius 1 is 1.20 bits per heavy atom. The first-order valence-corrected chi connectivity index (χ1v) is 8.75. The van der Waals surface area contributed by atoms with Crippen LogP contribution in [-0.2, 0) is 21.1 Å². The maximum Gasteiger partial charge on any atom is 0.175 e. The van der Waals surface area contributed by atoms with Crippen LogP contribution < -0.4 is 5.32 Å². The first kappa shape index (κ1) is 15.4. The third-order valence-electron chi connectivity index (χ3n) is 3.39. The highest BCUT2D eigenvalue weighted by molar-refractivity contribution is 7.90. The molecule has 0 unspecified atom stereocenters. The summed E-state index contributed by atoms with van der Waals surface area (Å²) >= 11 is 0. The van der Waals surface area contributed by atoms with Gasteiger partial charge < -0.3 is 10.1 Å². The van der Waals surface area contributed by atoms with Crippen molar-refractivity contribution >= 4 is 9.84 Å². The molecule has 0 aliphatic carbocycles. The lowest BCUT2D eigenvalue weighted by molar-refractivity contribution is 0.0384. The first-order chi connectivity index (χ1) is 9.55. The van der Waals surface area contributed by atoms with Gasteiger partial charge in [0.05, 0.1) is 18.1 Å².